The number of nitrogens with two attached hydrogens (primary N) is 1. The second-order valence-corrected chi connectivity index (χ2v) is 3.40. The Labute approximate surface area is 87.7 Å². The maximum absolute atomic E-state index is 11.3. The maximum Gasteiger partial charge on any atom is 0.252 e. The lowest BCUT2D eigenvalue weighted by Crippen LogP contribution is -2.37. The molecule has 0 saturated heterocycles. The summed E-state index contributed by atoms with van der Waals surface area (Å²) < 4.78 is 0. The quantitative estimate of drug-likeness (QED) is 0.806. The Hall–Kier alpha value is -0.580. The zero-order chi connectivity index (χ0) is 8.97. The number of halogens is 1. The summed E-state index contributed by atoms with van der Waals surface area (Å²) in [4.78, 5) is 11.3. The van der Waals surface area contributed by atoms with Crippen LogP contribution in [0.1, 0.15) is 17.3 Å². The van der Waals surface area contributed by atoms with Crippen molar-refractivity contribution in [1.82, 2.24) is 5.32 Å². The molecule has 3 nitrogen and oxygen atoms in total. The van der Waals surface area contributed by atoms with Crippen molar-refractivity contribution < 1.29 is 4.79 Å². The minimum atomic E-state index is -0.0470. The molecule has 0 bridgehead atoms. The minimum Gasteiger partial charge on any atom is -0.348 e. The van der Waals surface area contributed by atoms with E-state index in [1.807, 2.05) is 17.7 Å². The number of nitrogens with one attached hydrogen (secondary N) is 1. The third-order valence-electron chi connectivity index (χ3n) is 1.51. The van der Waals surface area contributed by atoms with Gasteiger partial charge in [-0.05, 0) is 18.4 Å². The molecule has 1 atom stereocenters. The third-order valence-corrected chi connectivity index (χ3v) is 2.20. The van der Waals surface area contributed by atoms with Crippen molar-refractivity contribution in [2.24, 2.45) is 5.73 Å². The van der Waals surface area contributed by atoms with E-state index >= 15 is 0 Å². The number of amides is 1. The predicted octanol–water partition coefficient (Wildman–Crippen LogP) is 1.25. The van der Waals surface area contributed by atoms with E-state index in [0.29, 0.717) is 12.1 Å². The van der Waals surface area contributed by atoms with Crippen LogP contribution in [-0.2, 0) is 0 Å². The zero-order valence-corrected chi connectivity index (χ0v) is 8.95. The normalized spacial score (nSPS) is 11.5. The van der Waals surface area contributed by atoms with E-state index in [-0.39, 0.29) is 24.4 Å². The van der Waals surface area contributed by atoms with Crippen LogP contribution >= 0.6 is 23.7 Å². The van der Waals surface area contributed by atoms with Crippen molar-refractivity contribution in [3.8, 4) is 0 Å². The lowest BCUT2D eigenvalue weighted by atomic mass is 10.3. The van der Waals surface area contributed by atoms with Gasteiger partial charge in [0.05, 0.1) is 0 Å². The smallest absolute Gasteiger partial charge is 0.252 e. The zero-order valence-electron chi connectivity index (χ0n) is 7.32. The van der Waals surface area contributed by atoms with Crippen LogP contribution in [0.5, 0.6) is 0 Å². The van der Waals surface area contributed by atoms with Gasteiger partial charge < -0.3 is 11.1 Å². The molecule has 74 valence electrons. The Morgan fingerprint density at radius 1 is 1.77 bits per heavy atom. The highest BCUT2D eigenvalue weighted by molar-refractivity contribution is 7.08. The molecule has 0 aliphatic carbocycles. The summed E-state index contributed by atoms with van der Waals surface area (Å²) >= 11 is 1.51. The summed E-state index contributed by atoms with van der Waals surface area (Å²) in [6.45, 7) is 2.35. The van der Waals surface area contributed by atoms with Gasteiger partial charge in [-0.25, -0.2) is 0 Å². The standard InChI is InChI=1S/C8H12N2OS.ClH/c1-6(4-9)10-8(11)7-2-3-12-5-7;/h2-3,5-6H,4,9H2,1H3,(H,10,11);1H/t6-;/m0./s1. The summed E-state index contributed by atoms with van der Waals surface area (Å²) in [5, 5.41) is 6.47. The molecule has 1 rings (SSSR count). The average molecular weight is 221 g/mol. The highest BCUT2D eigenvalue weighted by Crippen LogP contribution is 2.05. The van der Waals surface area contributed by atoms with Crippen molar-refractivity contribution in [3.05, 3.63) is 22.4 Å². The van der Waals surface area contributed by atoms with Gasteiger partial charge >= 0.3 is 0 Å². The first-order valence-corrected chi connectivity index (χ1v) is 4.71. The number of thiophene rings is 1. The average Bonchev–Trinajstić information content (AvgIpc) is 2.56. The first-order valence-electron chi connectivity index (χ1n) is 3.77. The van der Waals surface area contributed by atoms with Crippen LogP contribution in [-0.4, -0.2) is 18.5 Å². The Morgan fingerprint density at radius 3 is 2.92 bits per heavy atom. The monoisotopic (exact) mass is 220 g/mol. The van der Waals surface area contributed by atoms with Gasteiger partial charge in [0.25, 0.3) is 5.91 Å². The molecule has 0 aromatic carbocycles. The highest BCUT2D eigenvalue weighted by atomic mass is 35.5. The Morgan fingerprint density at radius 2 is 2.46 bits per heavy atom. The van der Waals surface area contributed by atoms with Crippen molar-refractivity contribution in [3.63, 3.8) is 0 Å². The molecule has 13 heavy (non-hydrogen) atoms. The van der Waals surface area contributed by atoms with E-state index < -0.39 is 0 Å². The van der Waals surface area contributed by atoms with E-state index in [4.69, 9.17) is 5.73 Å². The largest absolute Gasteiger partial charge is 0.348 e. The second-order valence-electron chi connectivity index (χ2n) is 2.62. The highest BCUT2D eigenvalue weighted by Gasteiger charge is 2.07. The number of rotatable bonds is 3. The lowest BCUT2D eigenvalue weighted by molar-refractivity contribution is 0.0942. The molecule has 1 aromatic heterocycles. The fraction of sp³-hybridized carbons (Fsp3) is 0.375. The predicted molar refractivity (Wildman–Crippen MR) is 57.5 cm³/mol. The minimum absolute atomic E-state index is 0. The topological polar surface area (TPSA) is 55.1 Å². The fourth-order valence-corrected chi connectivity index (χ4v) is 1.40. The van der Waals surface area contributed by atoms with Crippen molar-refractivity contribution in [2.45, 2.75) is 13.0 Å². The Balaban J connectivity index is 0.00000144. The van der Waals surface area contributed by atoms with Crippen LogP contribution in [0.15, 0.2) is 16.8 Å². The Kier molecular flexibility index (Phi) is 5.70. The van der Waals surface area contributed by atoms with E-state index in [9.17, 15) is 4.79 Å². The summed E-state index contributed by atoms with van der Waals surface area (Å²) in [5.74, 6) is -0.0470. The molecule has 0 fully saturated rings. The van der Waals surface area contributed by atoms with Gasteiger partial charge in [0, 0.05) is 23.5 Å². The van der Waals surface area contributed by atoms with Gasteiger partial charge in [-0.3, -0.25) is 4.79 Å². The van der Waals surface area contributed by atoms with Crippen molar-refractivity contribution >= 4 is 29.7 Å². The molecular weight excluding hydrogens is 208 g/mol. The van der Waals surface area contributed by atoms with Crippen molar-refractivity contribution in [1.29, 1.82) is 0 Å². The molecular formula is C8H13ClN2OS. The maximum atomic E-state index is 11.3. The molecule has 1 aromatic rings. The molecule has 1 heterocycles. The van der Waals surface area contributed by atoms with Crippen LogP contribution in [0.25, 0.3) is 0 Å². The van der Waals surface area contributed by atoms with Gasteiger partial charge in [-0.2, -0.15) is 11.3 Å². The number of carbonyl (C=O) groups excluding carboxylic acids is 1. The molecule has 0 unspecified atom stereocenters. The van der Waals surface area contributed by atoms with E-state index in [1.165, 1.54) is 11.3 Å². The molecule has 5 heteroatoms. The lowest BCUT2D eigenvalue weighted by Gasteiger charge is -2.09. The van der Waals surface area contributed by atoms with Crippen LogP contribution in [0, 0.1) is 0 Å². The molecule has 0 spiro atoms. The SMILES string of the molecule is C[C@@H](CN)NC(=O)c1ccsc1.Cl. The number of carbonyl (C=O) groups is 1. The Bertz CT molecular complexity index is 251. The van der Waals surface area contributed by atoms with Gasteiger partial charge in [0.15, 0.2) is 0 Å². The van der Waals surface area contributed by atoms with E-state index in [0.717, 1.165) is 0 Å². The van der Waals surface area contributed by atoms with Crippen LogP contribution in [0.4, 0.5) is 0 Å². The van der Waals surface area contributed by atoms with Gasteiger partial charge in [-0.15, -0.1) is 12.4 Å². The molecule has 0 aliphatic rings. The molecule has 0 aliphatic heterocycles. The summed E-state index contributed by atoms with van der Waals surface area (Å²) in [6, 6.07) is 1.83. The summed E-state index contributed by atoms with van der Waals surface area (Å²) in [6.07, 6.45) is 0. The first-order chi connectivity index (χ1) is 5.74. The molecule has 3 N–H and O–H groups in total. The van der Waals surface area contributed by atoms with E-state index in [2.05, 4.69) is 5.32 Å². The van der Waals surface area contributed by atoms with Gasteiger partial charge in [0.2, 0.25) is 0 Å². The van der Waals surface area contributed by atoms with E-state index in [1.54, 1.807) is 6.07 Å². The first kappa shape index (κ1) is 12.4. The summed E-state index contributed by atoms with van der Waals surface area (Å²) in [5.41, 5.74) is 6.07. The second kappa shape index (κ2) is 5.96. The van der Waals surface area contributed by atoms with Crippen LogP contribution in [0.2, 0.25) is 0 Å². The molecule has 1 amide bonds. The summed E-state index contributed by atoms with van der Waals surface area (Å²) in [7, 11) is 0. The fourth-order valence-electron chi connectivity index (χ4n) is 0.760. The number of hydrogen-bond donors (Lipinski definition) is 2. The van der Waals surface area contributed by atoms with Crippen LogP contribution < -0.4 is 11.1 Å². The third kappa shape index (κ3) is 3.76. The number of hydrogen-bond acceptors (Lipinski definition) is 3. The van der Waals surface area contributed by atoms with Gasteiger partial charge in [-0.1, -0.05) is 0 Å². The molecule has 0 saturated carbocycles. The van der Waals surface area contributed by atoms with Crippen LogP contribution in [0.3, 0.4) is 0 Å². The van der Waals surface area contributed by atoms with Gasteiger partial charge in [0.1, 0.15) is 0 Å². The molecule has 0 radical (unpaired) electrons. The van der Waals surface area contributed by atoms with Crippen molar-refractivity contribution in [2.75, 3.05) is 6.54 Å².